The van der Waals surface area contributed by atoms with Gasteiger partial charge in [0, 0.05) is 40.5 Å². The molecule has 1 aromatic heterocycles. The van der Waals surface area contributed by atoms with Gasteiger partial charge in [-0.2, -0.15) is 0 Å². The minimum absolute atomic E-state index is 0.108. The summed E-state index contributed by atoms with van der Waals surface area (Å²) in [5, 5.41) is 0.965. The zero-order valence-electron chi connectivity index (χ0n) is 13.6. The number of aryl methyl sites for hydroxylation is 1. The Morgan fingerprint density at radius 3 is 2.67 bits per heavy atom. The highest BCUT2D eigenvalue weighted by Crippen LogP contribution is 2.45. The minimum atomic E-state index is -0.471. The SMILES string of the molecule is CC(=O)Oc1c(C2CCCC(Br)C2Br)c2ccccc2n(C)c1=O. The van der Waals surface area contributed by atoms with Crippen LogP contribution in [0.2, 0.25) is 0 Å². The summed E-state index contributed by atoms with van der Waals surface area (Å²) in [7, 11) is 1.71. The van der Waals surface area contributed by atoms with Crippen molar-refractivity contribution in [3.05, 3.63) is 40.2 Å². The quantitative estimate of drug-likeness (QED) is 0.501. The van der Waals surface area contributed by atoms with Crippen LogP contribution >= 0.6 is 31.9 Å². The molecule has 128 valence electrons. The molecular weight excluding hydrogens is 438 g/mol. The standard InChI is InChI=1S/C18H19Br2NO3/c1-10(22)24-17-15(12-7-5-8-13(19)16(12)20)11-6-3-4-9-14(11)21(2)18(17)23/h3-4,6,9,12-13,16H,5,7-8H2,1-2H3. The maximum Gasteiger partial charge on any atom is 0.308 e. The van der Waals surface area contributed by atoms with E-state index in [9.17, 15) is 9.59 Å². The van der Waals surface area contributed by atoms with Crippen LogP contribution in [-0.2, 0) is 11.8 Å². The molecule has 3 rings (SSSR count). The van der Waals surface area contributed by atoms with Crippen LogP contribution in [0.5, 0.6) is 5.75 Å². The van der Waals surface area contributed by atoms with E-state index in [0.717, 1.165) is 35.7 Å². The number of halogens is 2. The van der Waals surface area contributed by atoms with Crippen molar-refractivity contribution in [3.63, 3.8) is 0 Å². The lowest BCUT2D eigenvalue weighted by Gasteiger charge is -2.33. The summed E-state index contributed by atoms with van der Waals surface area (Å²) >= 11 is 7.52. The summed E-state index contributed by atoms with van der Waals surface area (Å²) in [6.07, 6.45) is 3.09. The third-order valence-electron chi connectivity index (χ3n) is 4.64. The van der Waals surface area contributed by atoms with Gasteiger partial charge in [0.25, 0.3) is 5.56 Å². The molecule has 1 saturated carbocycles. The number of hydrogen-bond donors (Lipinski definition) is 0. The summed E-state index contributed by atoms with van der Waals surface area (Å²) in [6.45, 7) is 1.33. The maximum atomic E-state index is 12.8. The van der Waals surface area contributed by atoms with Crippen LogP contribution in [0.1, 0.15) is 37.7 Å². The number of ether oxygens (including phenoxy) is 1. The van der Waals surface area contributed by atoms with Gasteiger partial charge in [0.05, 0.1) is 5.52 Å². The Morgan fingerprint density at radius 2 is 1.96 bits per heavy atom. The third-order valence-corrected chi connectivity index (χ3v) is 7.65. The first-order valence-corrected chi connectivity index (χ1v) is 9.83. The average molecular weight is 457 g/mol. The second kappa shape index (κ2) is 7.00. The van der Waals surface area contributed by atoms with E-state index in [0.29, 0.717) is 4.83 Å². The van der Waals surface area contributed by atoms with Gasteiger partial charge in [-0.3, -0.25) is 9.59 Å². The predicted molar refractivity (Wildman–Crippen MR) is 103 cm³/mol. The van der Waals surface area contributed by atoms with Gasteiger partial charge in [0.15, 0.2) is 5.75 Å². The number of hydrogen-bond acceptors (Lipinski definition) is 3. The summed E-state index contributed by atoms with van der Waals surface area (Å²) in [5.74, 6) is -0.197. The monoisotopic (exact) mass is 455 g/mol. The van der Waals surface area contributed by atoms with Crippen molar-refractivity contribution in [2.24, 2.45) is 7.05 Å². The number of aromatic nitrogens is 1. The molecule has 4 nitrogen and oxygen atoms in total. The van der Waals surface area contributed by atoms with Gasteiger partial charge in [-0.05, 0) is 18.9 Å². The van der Waals surface area contributed by atoms with E-state index >= 15 is 0 Å². The first-order chi connectivity index (χ1) is 11.4. The summed E-state index contributed by atoms with van der Waals surface area (Å²) in [4.78, 5) is 24.9. The number of carbonyl (C=O) groups is 1. The van der Waals surface area contributed by atoms with Gasteiger partial charge in [-0.1, -0.05) is 56.5 Å². The van der Waals surface area contributed by atoms with Gasteiger partial charge < -0.3 is 9.30 Å². The number of benzene rings is 1. The molecule has 3 unspecified atom stereocenters. The highest BCUT2D eigenvalue weighted by atomic mass is 79.9. The number of fused-ring (bicyclic) bond motifs is 1. The lowest BCUT2D eigenvalue weighted by Crippen LogP contribution is -2.31. The summed E-state index contributed by atoms with van der Waals surface area (Å²) < 4.78 is 6.94. The van der Waals surface area contributed by atoms with Crippen LogP contribution < -0.4 is 10.3 Å². The molecule has 0 radical (unpaired) electrons. The molecule has 0 amide bonds. The zero-order chi connectivity index (χ0) is 17.4. The molecule has 0 spiro atoms. The molecule has 1 fully saturated rings. The van der Waals surface area contributed by atoms with Crippen molar-refractivity contribution in [1.82, 2.24) is 4.57 Å². The molecular formula is C18H19Br2NO3. The summed E-state index contributed by atoms with van der Waals surface area (Å²) in [6, 6.07) is 7.78. The van der Waals surface area contributed by atoms with Crippen molar-refractivity contribution in [1.29, 1.82) is 0 Å². The Morgan fingerprint density at radius 1 is 1.25 bits per heavy atom. The van der Waals surface area contributed by atoms with E-state index in [-0.39, 0.29) is 22.1 Å². The summed E-state index contributed by atoms with van der Waals surface area (Å²) in [5.41, 5.74) is 1.43. The molecule has 1 heterocycles. The first kappa shape index (κ1) is 17.7. The number of carbonyl (C=O) groups excluding carboxylic acids is 1. The van der Waals surface area contributed by atoms with Gasteiger partial charge in [0.2, 0.25) is 0 Å². The number of esters is 1. The van der Waals surface area contributed by atoms with Crippen molar-refractivity contribution in [2.75, 3.05) is 0 Å². The first-order valence-electron chi connectivity index (χ1n) is 8.00. The molecule has 2 aromatic rings. The van der Waals surface area contributed by atoms with Gasteiger partial charge in [-0.25, -0.2) is 0 Å². The highest BCUT2D eigenvalue weighted by molar-refractivity contribution is 9.12. The Hall–Kier alpha value is -1.14. The highest BCUT2D eigenvalue weighted by Gasteiger charge is 2.35. The molecule has 1 aliphatic carbocycles. The van der Waals surface area contributed by atoms with Crippen molar-refractivity contribution in [2.45, 2.75) is 41.8 Å². The number of alkyl halides is 2. The van der Waals surface area contributed by atoms with Gasteiger partial charge in [-0.15, -0.1) is 0 Å². The van der Waals surface area contributed by atoms with E-state index in [1.165, 1.54) is 6.92 Å². The molecule has 1 aromatic carbocycles. The predicted octanol–water partition coefficient (Wildman–Crippen LogP) is 4.26. The minimum Gasteiger partial charge on any atom is -0.420 e. The third kappa shape index (κ3) is 3.06. The lowest BCUT2D eigenvalue weighted by atomic mass is 9.82. The lowest BCUT2D eigenvalue weighted by molar-refractivity contribution is -0.132. The van der Waals surface area contributed by atoms with Crippen LogP contribution in [0.4, 0.5) is 0 Å². The Kier molecular flexibility index (Phi) is 5.16. The van der Waals surface area contributed by atoms with Crippen LogP contribution in [0.3, 0.4) is 0 Å². The fraction of sp³-hybridized carbons (Fsp3) is 0.444. The molecule has 24 heavy (non-hydrogen) atoms. The second-order valence-electron chi connectivity index (χ2n) is 6.22. The second-order valence-corrected chi connectivity index (χ2v) is 8.45. The zero-order valence-corrected chi connectivity index (χ0v) is 16.8. The van der Waals surface area contributed by atoms with Crippen molar-refractivity contribution >= 4 is 48.7 Å². The van der Waals surface area contributed by atoms with Gasteiger partial charge >= 0.3 is 5.97 Å². The fourth-order valence-electron chi connectivity index (χ4n) is 3.51. The number of nitrogens with zero attached hydrogens (tertiary/aromatic N) is 1. The largest absolute Gasteiger partial charge is 0.420 e. The Balaban J connectivity index is 2.33. The van der Waals surface area contributed by atoms with Crippen LogP contribution in [-0.4, -0.2) is 20.2 Å². The van der Waals surface area contributed by atoms with E-state index in [1.54, 1.807) is 11.6 Å². The van der Waals surface area contributed by atoms with E-state index in [4.69, 9.17) is 4.74 Å². The van der Waals surface area contributed by atoms with Crippen LogP contribution in [0.25, 0.3) is 10.9 Å². The molecule has 0 aliphatic heterocycles. The average Bonchev–Trinajstić information content (AvgIpc) is 2.56. The van der Waals surface area contributed by atoms with Crippen LogP contribution in [0.15, 0.2) is 29.1 Å². The molecule has 3 atom stereocenters. The molecule has 0 saturated heterocycles. The molecule has 0 N–H and O–H groups in total. The smallest absolute Gasteiger partial charge is 0.308 e. The molecule has 0 bridgehead atoms. The van der Waals surface area contributed by atoms with E-state index < -0.39 is 5.97 Å². The molecule has 1 aliphatic rings. The number of rotatable bonds is 2. The number of para-hydroxylation sites is 1. The topological polar surface area (TPSA) is 48.3 Å². The molecule has 6 heteroatoms. The maximum absolute atomic E-state index is 12.8. The Bertz CT molecular complexity index is 846. The van der Waals surface area contributed by atoms with Gasteiger partial charge in [0.1, 0.15) is 0 Å². The number of pyridine rings is 1. The normalized spacial score (nSPS) is 24.1. The van der Waals surface area contributed by atoms with Crippen molar-refractivity contribution in [3.8, 4) is 5.75 Å². The Labute approximate surface area is 157 Å². The fourth-order valence-corrected chi connectivity index (χ4v) is 5.00. The van der Waals surface area contributed by atoms with Crippen LogP contribution in [0, 0.1) is 0 Å². The van der Waals surface area contributed by atoms with E-state index in [2.05, 4.69) is 31.9 Å². The van der Waals surface area contributed by atoms with E-state index in [1.807, 2.05) is 24.3 Å². The van der Waals surface area contributed by atoms with Crippen molar-refractivity contribution < 1.29 is 9.53 Å².